The molecular formula is C22H26N2O4. The highest BCUT2D eigenvalue weighted by Crippen LogP contribution is 2.38. The first-order chi connectivity index (χ1) is 13.6. The minimum atomic E-state index is -0.958. The lowest BCUT2D eigenvalue weighted by Crippen LogP contribution is -2.22. The summed E-state index contributed by atoms with van der Waals surface area (Å²) in [6, 6.07) is 7.61. The Morgan fingerprint density at radius 2 is 2.21 bits per heavy atom. The number of carboxylic acids is 1. The Hall–Kier alpha value is -2.76. The molecule has 1 fully saturated rings. The van der Waals surface area contributed by atoms with E-state index in [9.17, 15) is 9.90 Å². The van der Waals surface area contributed by atoms with Gasteiger partial charge in [-0.05, 0) is 49.3 Å². The number of aromatic nitrogens is 1. The van der Waals surface area contributed by atoms with Crippen molar-refractivity contribution in [3.63, 3.8) is 0 Å². The molecule has 1 aliphatic carbocycles. The van der Waals surface area contributed by atoms with E-state index >= 15 is 0 Å². The first kappa shape index (κ1) is 18.6. The standard InChI is InChI=1S/C22H26N2O4/c1-14-2-3-16(10-14)28-17-4-5-18-15(7-9-27-21(18)11-17)12-24-20-13-23-8-6-19(20)22(25)26/h4-6,8,11,13-16,24H,2-3,7,9-10,12H2,1H3,(H,25,26). The van der Waals surface area contributed by atoms with Gasteiger partial charge >= 0.3 is 5.97 Å². The van der Waals surface area contributed by atoms with Crippen molar-refractivity contribution in [1.29, 1.82) is 0 Å². The molecule has 2 aromatic rings. The van der Waals surface area contributed by atoms with Gasteiger partial charge in [-0.15, -0.1) is 0 Å². The van der Waals surface area contributed by atoms with E-state index in [1.54, 1.807) is 6.20 Å². The van der Waals surface area contributed by atoms with Crippen LogP contribution in [0.4, 0.5) is 5.69 Å². The molecule has 0 spiro atoms. The number of hydrogen-bond acceptors (Lipinski definition) is 5. The molecule has 2 N–H and O–H groups in total. The van der Waals surface area contributed by atoms with Crippen LogP contribution in [0.25, 0.3) is 0 Å². The molecule has 0 bridgehead atoms. The van der Waals surface area contributed by atoms with Gasteiger partial charge in [-0.2, -0.15) is 0 Å². The summed E-state index contributed by atoms with van der Waals surface area (Å²) in [5.41, 5.74) is 1.90. The molecule has 2 heterocycles. The number of nitrogens with one attached hydrogen (secondary N) is 1. The second-order valence-electron chi connectivity index (χ2n) is 7.80. The molecule has 0 amide bonds. The molecule has 3 unspecified atom stereocenters. The Morgan fingerprint density at radius 1 is 1.32 bits per heavy atom. The van der Waals surface area contributed by atoms with Gasteiger partial charge in [0.05, 0.1) is 30.2 Å². The van der Waals surface area contributed by atoms with E-state index in [1.165, 1.54) is 18.7 Å². The van der Waals surface area contributed by atoms with Gasteiger partial charge in [0.2, 0.25) is 0 Å². The number of aromatic carboxylic acids is 1. The van der Waals surface area contributed by atoms with Crippen LogP contribution in [0.5, 0.6) is 11.5 Å². The van der Waals surface area contributed by atoms with Gasteiger partial charge in [0.25, 0.3) is 0 Å². The third kappa shape index (κ3) is 4.06. The topological polar surface area (TPSA) is 80.7 Å². The highest BCUT2D eigenvalue weighted by molar-refractivity contribution is 5.93. The third-order valence-corrected chi connectivity index (χ3v) is 5.69. The number of fused-ring (bicyclic) bond motifs is 1. The van der Waals surface area contributed by atoms with Crippen molar-refractivity contribution in [2.75, 3.05) is 18.5 Å². The zero-order valence-corrected chi connectivity index (χ0v) is 16.1. The van der Waals surface area contributed by atoms with E-state index in [0.29, 0.717) is 24.9 Å². The summed E-state index contributed by atoms with van der Waals surface area (Å²) >= 11 is 0. The molecule has 0 radical (unpaired) electrons. The lowest BCUT2D eigenvalue weighted by Gasteiger charge is -2.27. The molecule has 0 saturated heterocycles. The number of carboxylic acid groups (broad SMARTS) is 1. The SMILES string of the molecule is CC1CCC(Oc2ccc3c(c2)OCCC3CNc2cnccc2C(=O)O)C1. The maximum absolute atomic E-state index is 11.4. The first-order valence-corrected chi connectivity index (χ1v) is 9.94. The molecule has 1 aliphatic heterocycles. The smallest absolute Gasteiger partial charge is 0.337 e. The molecule has 1 saturated carbocycles. The predicted octanol–water partition coefficient (Wildman–Crippen LogP) is 4.33. The zero-order chi connectivity index (χ0) is 19.5. The first-order valence-electron chi connectivity index (χ1n) is 9.94. The number of ether oxygens (including phenoxy) is 2. The van der Waals surface area contributed by atoms with Crippen LogP contribution in [0.1, 0.15) is 54.4 Å². The predicted molar refractivity (Wildman–Crippen MR) is 106 cm³/mol. The Balaban J connectivity index is 1.45. The average molecular weight is 382 g/mol. The summed E-state index contributed by atoms with van der Waals surface area (Å²) < 4.78 is 12.0. The van der Waals surface area contributed by atoms with E-state index in [2.05, 4.69) is 23.3 Å². The van der Waals surface area contributed by atoms with Gasteiger partial charge in [-0.3, -0.25) is 4.98 Å². The number of pyridine rings is 1. The number of anilines is 1. The van der Waals surface area contributed by atoms with Crippen molar-refractivity contribution >= 4 is 11.7 Å². The van der Waals surface area contributed by atoms with Crippen molar-refractivity contribution in [3.8, 4) is 11.5 Å². The highest BCUT2D eigenvalue weighted by Gasteiger charge is 2.25. The van der Waals surface area contributed by atoms with Gasteiger partial charge in [0.15, 0.2) is 0 Å². The second-order valence-corrected chi connectivity index (χ2v) is 7.80. The molecule has 3 atom stereocenters. The third-order valence-electron chi connectivity index (χ3n) is 5.69. The normalized spacial score (nSPS) is 23.5. The molecule has 28 heavy (non-hydrogen) atoms. The fourth-order valence-electron chi connectivity index (χ4n) is 4.14. The maximum atomic E-state index is 11.4. The Kier molecular flexibility index (Phi) is 5.37. The number of nitrogens with zero attached hydrogens (tertiary/aromatic N) is 1. The van der Waals surface area contributed by atoms with Crippen LogP contribution >= 0.6 is 0 Å². The fraction of sp³-hybridized carbons (Fsp3) is 0.455. The minimum Gasteiger partial charge on any atom is -0.493 e. The Labute approximate surface area is 164 Å². The molecule has 4 rings (SSSR count). The summed E-state index contributed by atoms with van der Waals surface area (Å²) in [4.78, 5) is 15.4. The van der Waals surface area contributed by atoms with Gasteiger partial charge in [-0.1, -0.05) is 13.0 Å². The van der Waals surface area contributed by atoms with E-state index in [0.717, 1.165) is 42.2 Å². The minimum absolute atomic E-state index is 0.233. The van der Waals surface area contributed by atoms with Crippen LogP contribution in [-0.2, 0) is 0 Å². The highest BCUT2D eigenvalue weighted by atomic mass is 16.5. The van der Waals surface area contributed by atoms with Crippen LogP contribution in [-0.4, -0.2) is 35.3 Å². The van der Waals surface area contributed by atoms with Gasteiger partial charge in [0, 0.05) is 24.7 Å². The lowest BCUT2D eigenvalue weighted by molar-refractivity contribution is 0.0697. The summed E-state index contributed by atoms with van der Waals surface area (Å²) in [5, 5.41) is 12.6. The number of hydrogen-bond donors (Lipinski definition) is 2. The van der Waals surface area contributed by atoms with Crippen molar-refractivity contribution in [2.24, 2.45) is 5.92 Å². The number of rotatable bonds is 6. The van der Waals surface area contributed by atoms with E-state index in [-0.39, 0.29) is 11.5 Å². The van der Waals surface area contributed by atoms with Crippen LogP contribution in [0.2, 0.25) is 0 Å². The largest absolute Gasteiger partial charge is 0.493 e. The van der Waals surface area contributed by atoms with E-state index < -0.39 is 5.97 Å². The van der Waals surface area contributed by atoms with Crippen LogP contribution in [0, 0.1) is 5.92 Å². The molecule has 2 aliphatic rings. The quantitative estimate of drug-likeness (QED) is 0.774. The molecule has 148 valence electrons. The van der Waals surface area contributed by atoms with Crippen molar-refractivity contribution in [1.82, 2.24) is 4.98 Å². The number of benzene rings is 1. The van der Waals surface area contributed by atoms with Crippen molar-refractivity contribution in [2.45, 2.75) is 44.6 Å². The van der Waals surface area contributed by atoms with Gasteiger partial charge in [0.1, 0.15) is 11.5 Å². The van der Waals surface area contributed by atoms with Gasteiger partial charge < -0.3 is 19.9 Å². The van der Waals surface area contributed by atoms with Crippen LogP contribution in [0.3, 0.4) is 0 Å². The maximum Gasteiger partial charge on any atom is 0.337 e. The summed E-state index contributed by atoms with van der Waals surface area (Å²) in [6.45, 7) is 3.54. The summed E-state index contributed by atoms with van der Waals surface area (Å²) in [6.07, 6.45) is 7.68. The molecule has 6 nitrogen and oxygen atoms in total. The van der Waals surface area contributed by atoms with Crippen LogP contribution < -0.4 is 14.8 Å². The molecule has 1 aromatic carbocycles. The van der Waals surface area contributed by atoms with E-state index in [4.69, 9.17) is 9.47 Å². The molecule has 1 aromatic heterocycles. The zero-order valence-electron chi connectivity index (χ0n) is 16.1. The second kappa shape index (κ2) is 8.09. The molecular weight excluding hydrogens is 356 g/mol. The Morgan fingerprint density at radius 3 is 3.00 bits per heavy atom. The van der Waals surface area contributed by atoms with Crippen molar-refractivity contribution in [3.05, 3.63) is 47.8 Å². The Bertz CT molecular complexity index is 854. The fourth-order valence-corrected chi connectivity index (χ4v) is 4.14. The monoisotopic (exact) mass is 382 g/mol. The summed E-state index contributed by atoms with van der Waals surface area (Å²) in [5.74, 6) is 1.75. The average Bonchev–Trinajstić information content (AvgIpc) is 3.10. The van der Waals surface area contributed by atoms with Crippen LogP contribution in [0.15, 0.2) is 36.7 Å². The molecule has 6 heteroatoms. The summed E-state index contributed by atoms with van der Waals surface area (Å²) in [7, 11) is 0. The van der Waals surface area contributed by atoms with E-state index in [1.807, 2.05) is 12.1 Å². The number of carbonyl (C=O) groups is 1. The lowest BCUT2D eigenvalue weighted by atomic mass is 9.93. The van der Waals surface area contributed by atoms with Crippen molar-refractivity contribution < 1.29 is 19.4 Å². The van der Waals surface area contributed by atoms with Gasteiger partial charge in [-0.25, -0.2) is 4.79 Å².